The Labute approximate surface area is 200 Å². The number of likely N-dealkylation sites (tertiary alicyclic amines) is 1. The van der Waals surface area contributed by atoms with Crippen LogP contribution in [-0.4, -0.2) is 34.4 Å². The summed E-state index contributed by atoms with van der Waals surface area (Å²) < 4.78 is 5.75. The Bertz CT molecular complexity index is 1020. The molecule has 0 saturated carbocycles. The summed E-state index contributed by atoms with van der Waals surface area (Å²) in [6, 6.07) is 14.4. The van der Waals surface area contributed by atoms with Gasteiger partial charge in [-0.25, -0.2) is 4.79 Å². The average molecular weight is 468 g/mol. The lowest BCUT2D eigenvalue weighted by atomic mass is 9.90. The summed E-state index contributed by atoms with van der Waals surface area (Å²) >= 11 is 1.30. The van der Waals surface area contributed by atoms with Gasteiger partial charge in [-0.05, 0) is 68.9 Å². The van der Waals surface area contributed by atoms with Gasteiger partial charge in [-0.15, -0.1) is 0 Å². The Morgan fingerprint density at radius 2 is 2.00 bits per heavy atom. The first-order valence-electron chi connectivity index (χ1n) is 11.6. The number of piperidine rings is 1. The number of rotatable bonds is 4. The van der Waals surface area contributed by atoms with Crippen LogP contribution in [0.15, 0.2) is 42.5 Å². The molecule has 0 bridgehead atoms. The van der Waals surface area contributed by atoms with Gasteiger partial charge < -0.3 is 15.4 Å². The van der Waals surface area contributed by atoms with Gasteiger partial charge >= 0.3 is 6.09 Å². The van der Waals surface area contributed by atoms with E-state index >= 15 is 0 Å². The van der Waals surface area contributed by atoms with Crippen LogP contribution in [0.4, 0.5) is 15.3 Å². The van der Waals surface area contributed by atoms with Crippen molar-refractivity contribution < 1.29 is 14.3 Å². The molecule has 0 spiro atoms. The van der Waals surface area contributed by atoms with Crippen molar-refractivity contribution in [2.75, 3.05) is 11.9 Å². The molecule has 2 amide bonds. The number of anilines is 1. The van der Waals surface area contributed by atoms with Gasteiger partial charge in [-0.1, -0.05) is 48.2 Å². The maximum atomic E-state index is 13.1. The molecule has 33 heavy (non-hydrogen) atoms. The number of carbonyl (C=O) groups is 2. The second-order valence-corrected chi connectivity index (χ2v) is 10.7. The van der Waals surface area contributed by atoms with Crippen LogP contribution in [0.5, 0.6) is 0 Å². The summed E-state index contributed by atoms with van der Waals surface area (Å²) in [5, 5.41) is 6.69. The molecule has 2 N–H and O–H groups in total. The number of hydrogen-bond donors (Lipinski definition) is 2. The SMILES string of the molecule is Cc1cc2c(cc1CN[C@H]1CCCN(C(=O)OC(C)(C)C)[C@H]1c1ccccc1)NC(=O)SC2. The summed E-state index contributed by atoms with van der Waals surface area (Å²) in [5.74, 6) is 0.708. The van der Waals surface area contributed by atoms with E-state index in [0.717, 1.165) is 35.2 Å². The van der Waals surface area contributed by atoms with Crippen LogP contribution in [0.2, 0.25) is 0 Å². The van der Waals surface area contributed by atoms with E-state index in [0.29, 0.717) is 18.8 Å². The lowest BCUT2D eigenvalue weighted by Gasteiger charge is -2.42. The van der Waals surface area contributed by atoms with Gasteiger partial charge in [0.05, 0.1) is 6.04 Å². The quantitative estimate of drug-likeness (QED) is 0.577. The molecule has 176 valence electrons. The molecule has 2 aromatic rings. The smallest absolute Gasteiger partial charge is 0.410 e. The van der Waals surface area contributed by atoms with Crippen molar-refractivity contribution in [1.82, 2.24) is 10.2 Å². The summed E-state index contributed by atoms with van der Waals surface area (Å²) in [6.45, 7) is 9.15. The van der Waals surface area contributed by atoms with Crippen LogP contribution in [0, 0.1) is 6.92 Å². The molecule has 1 fully saturated rings. The topological polar surface area (TPSA) is 70.7 Å². The molecule has 2 aliphatic rings. The van der Waals surface area contributed by atoms with E-state index < -0.39 is 5.60 Å². The van der Waals surface area contributed by atoms with E-state index in [1.807, 2.05) is 43.9 Å². The predicted octanol–water partition coefficient (Wildman–Crippen LogP) is 6.00. The van der Waals surface area contributed by atoms with Crippen molar-refractivity contribution in [3.63, 3.8) is 0 Å². The van der Waals surface area contributed by atoms with Crippen molar-refractivity contribution in [2.45, 2.75) is 70.5 Å². The number of thioether (sulfide) groups is 1. The molecule has 0 aromatic heterocycles. The summed E-state index contributed by atoms with van der Waals surface area (Å²) in [6.07, 6.45) is 1.61. The van der Waals surface area contributed by atoms with Gasteiger partial charge in [0.15, 0.2) is 0 Å². The Morgan fingerprint density at radius 3 is 2.73 bits per heavy atom. The van der Waals surface area contributed by atoms with Crippen LogP contribution in [-0.2, 0) is 17.0 Å². The molecule has 2 atom stereocenters. The number of nitrogens with zero attached hydrogens (tertiary/aromatic N) is 1. The zero-order valence-corrected chi connectivity index (χ0v) is 20.6. The zero-order chi connectivity index (χ0) is 23.6. The molecule has 4 rings (SSSR count). The molecular formula is C26H33N3O3S. The maximum Gasteiger partial charge on any atom is 0.410 e. The van der Waals surface area contributed by atoms with Crippen LogP contribution >= 0.6 is 11.8 Å². The molecule has 7 heteroatoms. The highest BCUT2D eigenvalue weighted by atomic mass is 32.2. The number of nitrogens with one attached hydrogen (secondary N) is 2. The lowest BCUT2D eigenvalue weighted by Crippen LogP contribution is -2.51. The van der Waals surface area contributed by atoms with Crippen molar-refractivity contribution >= 4 is 28.8 Å². The number of amides is 2. The maximum absolute atomic E-state index is 13.1. The number of ether oxygens (including phenoxy) is 1. The van der Waals surface area contributed by atoms with Gasteiger partial charge in [0, 0.05) is 30.6 Å². The summed E-state index contributed by atoms with van der Waals surface area (Å²) in [5.41, 5.74) is 4.99. The Kier molecular flexibility index (Phi) is 7.00. The fourth-order valence-electron chi connectivity index (χ4n) is 4.57. The fourth-order valence-corrected chi connectivity index (χ4v) is 5.27. The van der Waals surface area contributed by atoms with E-state index in [9.17, 15) is 9.59 Å². The number of aryl methyl sites for hydroxylation is 1. The monoisotopic (exact) mass is 467 g/mol. The van der Waals surface area contributed by atoms with E-state index in [1.54, 1.807) is 0 Å². The fraction of sp³-hybridized carbons (Fsp3) is 0.462. The molecule has 6 nitrogen and oxygen atoms in total. The van der Waals surface area contributed by atoms with Crippen LogP contribution in [0.25, 0.3) is 0 Å². The number of fused-ring (bicyclic) bond motifs is 1. The molecule has 0 aliphatic carbocycles. The number of hydrogen-bond acceptors (Lipinski definition) is 5. The first-order valence-corrected chi connectivity index (χ1v) is 12.5. The third kappa shape index (κ3) is 5.71. The lowest BCUT2D eigenvalue weighted by molar-refractivity contribution is 0.00381. The standard InChI is InChI=1S/C26H33N3O3S/c1-17-13-20-16-33-24(30)28-22(20)14-19(17)15-27-21-11-8-12-29(25(31)32-26(2,3)4)23(21)18-9-6-5-7-10-18/h5-7,9-10,13-14,21,23,27H,8,11-12,15-16H2,1-4H3,(H,28,30)/t21-,23-/m0/s1. The van der Waals surface area contributed by atoms with Gasteiger partial charge in [-0.2, -0.15) is 0 Å². The third-order valence-corrected chi connectivity index (χ3v) is 6.93. The van der Waals surface area contributed by atoms with Gasteiger partial charge in [0.25, 0.3) is 5.24 Å². The van der Waals surface area contributed by atoms with Crippen LogP contribution < -0.4 is 10.6 Å². The first-order chi connectivity index (χ1) is 15.7. The summed E-state index contributed by atoms with van der Waals surface area (Å²) in [4.78, 5) is 26.8. The Morgan fingerprint density at radius 1 is 1.24 bits per heavy atom. The van der Waals surface area contributed by atoms with Crippen molar-refractivity contribution in [1.29, 1.82) is 0 Å². The average Bonchev–Trinajstić information content (AvgIpc) is 2.77. The van der Waals surface area contributed by atoms with Crippen molar-refractivity contribution in [2.24, 2.45) is 0 Å². The Hall–Kier alpha value is -2.51. The highest BCUT2D eigenvalue weighted by Gasteiger charge is 2.37. The molecule has 2 aromatic carbocycles. The first kappa shape index (κ1) is 23.6. The Balaban J connectivity index is 1.56. The third-order valence-electron chi connectivity index (χ3n) is 6.11. The minimum atomic E-state index is -0.540. The van der Waals surface area contributed by atoms with E-state index in [2.05, 4.69) is 41.8 Å². The summed E-state index contributed by atoms with van der Waals surface area (Å²) in [7, 11) is 0. The molecular weight excluding hydrogens is 434 g/mol. The number of carbonyl (C=O) groups excluding carboxylic acids is 2. The minimum Gasteiger partial charge on any atom is -0.444 e. The van der Waals surface area contributed by atoms with Crippen molar-refractivity contribution in [3.8, 4) is 0 Å². The molecule has 2 aliphatic heterocycles. The van der Waals surface area contributed by atoms with Crippen LogP contribution in [0.1, 0.15) is 61.9 Å². The van der Waals surface area contributed by atoms with Gasteiger partial charge in [0.1, 0.15) is 5.60 Å². The van der Waals surface area contributed by atoms with Crippen LogP contribution in [0.3, 0.4) is 0 Å². The largest absolute Gasteiger partial charge is 0.444 e. The van der Waals surface area contributed by atoms with E-state index in [4.69, 9.17) is 4.74 Å². The molecule has 0 radical (unpaired) electrons. The zero-order valence-electron chi connectivity index (χ0n) is 19.8. The van der Waals surface area contributed by atoms with Gasteiger partial charge in [0.2, 0.25) is 0 Å². The molecule has 0 unspecified atom stereocenters. The van der Waals surface area contributed by atoms with E-state index in [-0.39, 0.29) is 23.4 Å². The highest BCUT2D eigenvalue weighted by molar-refractivity contribution is 8.13. The minimum absolute atomic E-state index is 0.00492. The second kappa shape index (κ2) is 9.77. The highest BCUT2D eigenvalue weighted by Crippen LogP contribution is 2.34. The van der Waals surface area contributed by atoms with Gasteiger partial charge in [-0.3, -0.25) is 9.69 Å². The number of benzene rings is 2. The van der Waals surface area contributed by atoms with E-state index in [1.165, 1.54) is 17.3 Å². The normalized spacial score (nSPS) is 20.7. The molecule has 2 heterocycles. The second-order valence-electron chi connectivity index (χ2n) is 9.80. The predicted molar refractivity (Wildman–Crippen MR) is 133 cm³/mol. The molecule has 1 saturated heterocycles. The van der Waals surface area contributed by atoms with Crippen molar-refractivity contribution in [3.05, 3.63) is 64.7 Å².